The maximum absolute atomic E-state index is 11.8. The minimum atomic E-state index is -4.27. The number of nitrogens with two attached hydrogens (primary N) is 4. The fraction of sp³-hybridized carbons (Fsp3) is 0.391. The maximum atomic E-state index is 11.8. The smallest absolute Gasteiger partial charge is 0.364 e. The molecule has 0 fully saturated rings. The van der Waals surface area contributed by atoms with Crippen LogP contribution in [0.15, 0.2) is 117 Å². The zero-order valence-corrected chi connectivity index (χ0v) is 45.0. The standard InChI is InChI=1S/C18H38N8O4.4C7H8O3S/c19-13(7-5-9-25-17(21)22)15(27)29-11-3-1-2-4-12-30-16(28)14(20)8-6-10-26-18(23)24;4*1-6-2-4-7(5-3-6)11(8,9)10/h13-14H,1-12,19-20H2,(H4,21,22,25)(H4,23,24,26);4*2-5H,1H3,(H,8,9,10). The van der Waals surface area contributed by atoms with Crippen molar-refractivity contribution >= 4 is 64.3 Å². The largest absolute Gasteiger partial charge is 0.744 e. The summed E-state index contributed by atoms with van der Waals surface area (Å²) in [7, 11) is -17.1. The maximum Gasteiger partial charge on any atom is 0.364 e. The molecule has 0 aromatic heterocycles. The Morgan fingerprint density at radius 3 is 0.838 bits per heavy atom. The average Bonchev–Trinajstić information content (AvgIpc) is 3.30. The summed E-state index contributed by atoms with van der Waals surface area (Å²) in [4.78, 5) is 28.5. The number of hydrogen-bond acceptors (Lipinski definition) is 16. The lowest BCUT2D eigenvalue weighted by atomic mass is 10.1. The highest BCUT2D eigenvalue weighted by molar-refractivity contribution is 7.86. The lowest BCUT2D eigenvalue weighted by Crippen LogP contribution is -2.78. The zero-order chi connectivity index (χ0) is 56.7. The second-order valence-electron chi connectivity index (χ2n) is 16.3. The number of quaternary nitrogens is 2. The molecule has 74 heavy (non-hydrogen) atoms. The van der Waals surface area contributed by atoms with E-state index in [-0.39, 0.29) is 43.4 Å². The lowest BCUT2D eigenvalue weighted by Gasteiger charge is -2.09. The SMILES string of the molecule is Cc1ccc(S(=O)(=O)[O-])cc1.Cc1ccc(S(=O)(=O)[O-])cc1.Cc1ccc(S(=O)(=O)[O-])cc1.Cc1ccc(S(=O)(=O)[O-])cc1.NC(N)=[NH+]CCCC([NH3+])C(=O)OCCCCCCOC(=O)C([NH3+])CCC[NH+]=C(N)N. The third-order valence-corrected chi connectivity index (χ3v) is 12.9. The molecule has 0 bridgehead atoms. The third-order valence-electron chi connectivity index (χ3n) is 9.55. The van der Waals surface area contributed by atoms with E-state index in [1.165, 1.54) is 48.5 Å². The molecule has 0 saturated carbocycles. The Morgan fingerprint density at radius 2 is 0.649 bits per heavy atom. The van der Waals surface area contributed by atoms with E-state index in [1.54, 1.807) is 48.5 Å². The molecule has 0 amide bonds. The molecule has 16 N–H and O–H groups in total. The van der Waals surface area contributed by atoms with E-state index < -0.39 is 52.6 Å². The number of esters is 2. The minimum absolute atomic E-state index is 0.167. The van der Waals surface area contributed by atoms with Crippen LogP contribution in [0, 0.1) is 27.7 Å². The lowest BCUT2D eigenvalue weighted by molar-refractivity contribution is -0.464. The van der Waals surface area contributed by atoms with E-state index >= 15 is 0 Å². The van der Waals surface area contributed by atoms with Gasteiger partial charge < -0.3 is 39.2 Å². The molecule has 2 atom stereocenters. The van der Waals surface area contributed by atoms with Crippen LogP contribution in [0.1, 0.15) is 73.6 Å². The van der Waals surface area contributed by atoms with E-state index in [1.807, 2.05) is 27.7 Å². The van der Waals surface area contributed by atoms with Gasteiger partial charge >= 0.3 is 23.9 Å². The van der Waals surface area contributed by atoms with Crippen LogP contribution < -0.4 is 44.4 Å². The van der Waals surface area contributed by atoms with Crippen molar-refractivity contribution in [3.8, 4) is 0 Å². The quantitative estimate of drug-likeness (QED) is 0.0133. The van der Waals surface area contributed by atoms with E-state index in [0.717, 1.165) is 60.8 Å². The Labute approximate surface area is 434 Å². The number of nitrogens with one attached hydrogen (secondary N) is 2. The van der Waals surface area contributed by atoms with Crippen LogP contribution >= 0.6 is 0 Å². The van der Waals surface area contributed by atoms with Crippen LogP contribution in [0.2, 0.25) is 0 Å². The van der Waals surface area contributed by atoms with Gasteiger partial charge in [-0.05, 0) is 115 Å². The number of carbonyl (C=O) groups is 2. The Balaban J connectivity index is 0.000000991. The zero-order valence-electron chi connectivity index (χ0n) is 41.8. The summed E-state index contributed by atoms with van der Waals surface area (Å²) in [5.74, 6) is -0.255. The summed E-state index contributed by atoms with van der Waals surface area (Å²) in [6.45, 7) is 9.21. The van der Waals surface area contributed by atoms with Crippen molar-refractivity contribution in [2.75, 3.05) is 26.3 Å². The van der Waals surface area contributed by atoms with Crippen LogP contribution in [0.5, 0.6) is 0 Å². The molecule has 414 valence electrons. The molecule has 0 aliphatic rings. The van der Waals surface area contributed by atoms with Gasteiger partial charge in [0, 0.05) is 12.8 Å². The predicted molar refractivity (Wildman–Crippen MR) is 267 cm³/mol. The van der Waals surface area contributed by atoms with Crippen molar-refractivity contribution in [3.63, 3.8) is 0 Å². The first-order chi connectivity index (χ1) is 34.2. The van der Waals surface area contributed by atoms with Crippen molar-refractivity contribution in [2.45, 2.75) is 111 Å². The van der Waals surface area contributed by atoms with E-state index in [0.29, 0.717) is 39.1 Å². The molecule has 0 aliphatic heterocycles. The first-order valence-corrected chi connectivity index (χ1v) is 28.2. The molecule has 0 radical (unpaired) electrons. The number of rotatable bonds is 21. The Kier molecular flexibility index (Phi) is 31.6. The van der Waals surface area contributed by atoms with Crippen molar-refractivity contribution < 1.29 is 92.4 Å². The number of aryl methyl sites for hydroxylation is 4. The van der Waals surface area contributed by atoms with Crippen molar-refractivity contribution in [2.24, 2.45) is 22.9 Å². The summed E-state index contributed by atoms with van der Waals surface area (Å²) in [6, 6.07) is 22.3. The minimum Gasteiger partial charge on any atom is -0.744 e. The molecule has 2 unspecified atom stereocenters. The van der Waals surface area contributed by atoms with Crippen molar-refractivity contribution in [1.82, 2.24) is 0 Å². The molecule has 4 aromatic carbocycles. The fourth-order valence-electron chi connectivity index (χ4n) is 5.36. The number of hydrogen-bond donors (Lipinski definition) is 8. The normalized spacial score (nSPS) is 11.9. The number of ether oxygens (including phenoxy) is 2. The summed E-state index contributed by atoms with van der Waals surface area (Å²) >= 11 is 0. The van der Waals surface area contributed by atoms with Gasteiger partial charge in [0.15, 0.2) is 12.1 Å². The average molecular weight is 1120 g/mol. The van der Waals surface area contributed by atoms with Crippen LogP contribution in [0.25, 0.3) is 0 Å². The monoisotopic (exact) mass is 1120 g/mol. The van der Waals surface area contributed by atoms with Crippen molar-refractivity contribution in [1.29, 1.82) is 0 Å². The van der Waals surface area contributed by atoms with Crippen LogP contribution in [-0.4, -0.2) is 114 Å². The van der Waals surface area contributed by atoms with Gasteiger partial charge in [-0.3, -0.25) is 32.9 Å². The predicted octanol–water partition coefficient (Wildman–Crippen LogP) is -3.28. The Bertz CT molecular complexity index is 2470. The number of benzene rings is 4. The first-order valence-electron chi connectivity index (χ1n) is 22.6. The molecule has 0 saturated heterocycles. The van der Waals surface area contributed by atoms with Gasteiger partial charge in [-0.2, -0.15) is 0 Å². The molecule has 28 heteroatoms. The van der Waals surface area contributed by atoms with Crippen LogP contribution in [-0.2, 0) is 59.5 Å². The van der Waals surface area contributed by atoms with E-state index in [2.05, 4.69) is 21.5 Å². The van der Waals surface area contributed by atoms with E-state index in [4.69, 9.17) is 32.4 Å². The Morgan fingerprint density at radius 1 is 0.432 bits per heavy atom. The summed E-state index contributed by atoms with van der Waals surface area (Å²) in [6.07, 6.45) is 5.97. The van der Waals surface area contributed by atoms with Gasteiger partial charge in [-0.25, -0.2) is 43.3 Å². The topological polar surface area (TPSA) is 469 Å². The van der Waals surface area contributed by atoms with Gasteiger partial charge in [-0.15, -0.1) is 0 Å². The van der Waals surface area contributed by atoms with Gasteiger partial charge in [0.2, 0.25) is 0 Å². The van der Waals surface area contributed by atoms with Crippen molar-refractivity contribution in [3.05, 3.63) is 119 Å². The summed E-state index contributed by atoms with van der Waals surface area (Å²) in [5.41, 5.74) is 32.5. The highest BCUT2D eigenvalue weighted by Gasteiger charge is 2.19. The Hall–Kier alpha value is -6.08. The van der Waals surface area contributed by atoms with Gasteiger partial charge in [-0.1, -0.05) is 70.8 Å². The molecule has 0 spiro atoms. The highest BCUT2D eigenvalue weighted by Crippen LogP contribution is 2.11. The molecule has 0 heterocycles. The molecular formula is C46H70N8O16S4. The van der Waals surface area contributed by atoms with Gasteiger partial charge in [0.25, 0.3) is 0 Å². The first kappa shape index (κ1) is 67.9. The fourth-order valence-corrected chi connectivity index (χ4v) is 7.23. The molecule has 4 aromatic rings. The second-order valence-corrected chi connectivity index (χ2v) is 21.8. The number of carbonyl (C=O) groups excluding carboxylic acids is 2. The highest BCUT2D eigenvalue weighted by atomic mass is 32.2. The van der Waals surface area contributed by atoms with Crippen LogP contribution in [0.4, 0.5) is 0 Å². The number of unbranched alkanes of at least 4 members (excludes halogenated alkanes) is 3. The molecular weight excluding hydrogens is 1050 g/mol. The summed E-state index contributed by atoms with van der Waals surface area (Å²) in [5, 5.41) is 0. The number of guanidine groups is 2. The van der Waals surface area contributed by atoms with Gasteiger partial charge in [0.05, 0.1) is 45.9 Å². The van der Waals surface area contributed by atoms with Gasteiger partial charge in [0.1, 0.15) is 40.5 Å². The summed E-state index contributed by atoms with van der Waals surface area (Å²) < 4.78 is 135. The van der Waals surface area contributed by atoms with Crippen LogP contribution in [0.3, 0.4) is 0 Å². The molecule has 0 aliphatic carbocycles. The third kappa shape index (κ3) is 33.6. The molecule has 24 nitrogen and oxygen atoms in total. The molecule has 4 rings (SSSR count). The van der Waals surface area contributed by atoms with E-state index in [9.17, 15) is 61.5 Å². The second kappa shape index (κ2) is 34.4.